The van der Waals surface area contributed by atoms with Gasteiger partial charge in [0.15, 0.2) is 5.96 Å². The molecule has 168 valence electrons. The number of rotatable bonds is 11. The summed E-state index contributed by atoms with van der Waals surface area (Å²) in [7, 11) is 3.47. The van der Waals surface area contributed by atoms with Crippen LogP contribution in [0.2, 0.25) is 0 Å². The van der Waals surface area contributed by atoms with Crippen molar-refractivity contribution in [3.8, 4) is 0 Å². The molecule has 0 aromatic heterocycles. The number of ether oxygens (including phenoxy) is 1. The number of carbonyl (C=O) groups is 2. The molecule has 1 fully saturated rings. The average Bonchev–Trinajstić information content (AvgIpc) is 2.71. The van der Waals surface area contributed by atoms with Gasteiger partial charge >= 0.3 is 6.09 Å². The van der Waals surface area contributed by atoms with Crippen LogP contribution in [0.1, 0.15) is 45.4 Å². The van der Waals surface area contributed by atoms with E-state index in [0.717, 1.165) is 25.8 Å². The van der Waals surface area contributed by atoms with Crippen LogP contribution >= 0.6 is 11.8 Å². The third-order valence-corrected chi connectivity index (χ3v) is 5.50. The van der Waals surface area contributed by atoms with Crippen LogP contribution in [0.15, 0.2) is 4.99 Å². The van der Waals surface area contributed by atoms with Gasteiger partial charge in [-0.1, -0.05) is 12.8 Å². The van der Waals surface area contributed by atoms with Gasteiger partial charge in [-0.15, -0.1) is 0 Å². The van der Waals surface area contributed by atoms with Gasteiger partial charge in [0, 0.05) is 39.8 Å². The van der Waals surface area contributed by atoms with Gasteiger partial charge in [-0.05, 0) is 44.6 Å². The summed E-state index contributed by atoms with van der Waals surface area (Å²) in [6, 6.07) is 0.225. The lowest BCUT2D eigenvalue weighted by Crippen LogP contribution is -2.50. The highest BCUT2D eigenvalue weighted by Crippen LogP contribution is 2.11. The highest BCUT2D eigenvalue weighted by molar-refractivity contribution is 7.98. The fraction of sp³-hybridized carbons (Fsp3) is 0.850. The summed E-state index contributed by atoms with van der Waals surface area (Å²) in [6.45, 7) is 4.50. The van der Waals surface area contributed by atoms with E-state index in [1.807, 2.05) is 18.7 Å². The van der Waals surface area contributed by atoms with Crippen LogP contribution in [0.25, 0.3) is 0 Å². The predicted octanol–water partition coefficient (Wildman–Crippen LogP) is 2.15. The average molecular weight is 430 g/mol. The number of piperidine rings is 1. The van der Waals surface area contributed by atoms with E-state index in [9.17, 15) is 9.59 Å². The smallest absolute Gasteiger partial charge is 0.409 e. The standard InChI is InChI=1S/C20H39N5O3S/c1-5-28-20(27)25-13-10-17(11-14-25)23-19(22-16-18(26)24(2)3)21-12-8-6-7-9-15-29-4/h17H,5-16H2,1-4H3,(H2,21,22,23). The summed E-state index contributed by atoms with van der Waals surface area (Å²) >= 11 is 1.89. The number of nitrogens with zero attached hydrogens (tertiary/aromatic N) is 3. The van der Waals surface area contributed by atoms with E-state index in [0.29, 0.717) is 25.7 Å². The number of aliphatic imine (C=N–C) groups is 1. The van der Waals surface area contributed by atoms with Gasteiger partial charge in [0.05, 0.1) is 6.61 Å². The molecule has 0 aliphatic carbocycles. The highest BCUT2D eigenvalue weighted by atomic mass is 32.2. The zero-order valence-electron chi connectivity index (χ0n) is 18.5. The molecule has 0 saturated carbocycles. The maximum absolute atomic E-state index is 11.9. The molecular weight excluding hydrogens is 390 g/mol. The quantitative estimate of drug-likeness (QED) is 0.297. The van der Waals surface area contributed by atoms with Gasteiger partial charge in [-0.3, -0.25) is 4.79 Å². The minimum absolute atomic E-state index is 0.0275. The number of unbranched alkanes of at least 4 members (excludes halogenated alkanes) is 3. The first-order valence-electron chi connectivity index (χ1n) is 10.6. The van der Waals surface area contributed by atoms with E-state index in [2.05, 4.69) is 21.9 Å². The number of guanidine groups is 1. The summed E-state index contributed by atoms with van der Waals surface area (Å²) in [4.78, 5) is 31.5. The summed E-state index contributed by atoms with van der Waals surface area (Å²) in [5, 5.41) is 6.80. The molecule has 1 aliphatic heterocycles. The molecule has 0 radical (unpaired) electrons. The number of hydrogen-bond donors (Lipinski definition) is 2. The van der Waals surface area contributed by atoms with Crippen LogP contribution in [-0.4, -0.2) is 92.7 Å². The summed E-state index contributed by atoms with van der Waals surface area (Å²) in [5.74, 6) is 1.87. The van der Waals surface area contributed by atoms with Crippen molar-refractivity contribution in [3.05, 3.63) is 0 Å². The SMILES string of the molecule is CCOC(=O)N1CCC(NC(=NCC(=O)N(C)C)NCCCCCCSC)CC1. The molecule has 0 atom stereocenters. The first-order valence-corrected chi connectivity index (χ1v) is 12.0. The topological polar surface area (TPSA) is 86.3 Å². The Morgan fingerprint density at radius 1 is 1.17 bits per heavy atom. The molecular formula is C20H39N5O3S. The first kappa shape index (κ1) is 25.4. The van der Waals surface area contributed by atoms with E-state index in [4.69, 9.17) is 4.74 Å². The Hall–Kier alpha value is -1.64. The maximum Gasteiger partial charge on any atom is 0.409 e. The molecule has 9 heteroatoms. The second-order valence-corrected chi connectivity index (χ2v) is 8.38. The zero-order valence-corrected chi connectivity index (χ0v) is 19.4. The van der Waals surface area contributed by atoms with Gasteiger partial charge in [0.1, 0.15) is 6.54 Å². The van der Waals surface area contributed by atoms with Crippen LogP contribution < -0.4 is 10.6 Å². The fourth-order valence-corrected chi connectivity index (χ4v) is 3.48. The van der Waals surface area contributed by atoms with Crippen LogP contribution in [0.4, 0.5) is 4.79 Å². The number of likely N-dealkylation sites (N-methyl/N-ethyl adjacent to an activating group) is 1. The van der Waals surface area contributed by atoms with Crippen molar-refractivity contribution in [2.24, 2.45) is 4.99 Å². The second-order valence-electron chi connectivity index (χ2n) is 7.39. The number of carbonyl (C=O) groups excluding carboxylic acids is 2. The lowest BCUT2D eigenvalue weighted by molar-refractivity contribution is -0.127. The van der Waals surface area contributed by atoms with Crippen LogP contribution in [-0.2, 0) is 9.53 Å². The van der Waals surface area contributed by atoms with E-state index in [1.54, 1.807) is 23.9 Å². The minimum atomic E-state index is -0.240. The van der Waals surface area contributed by atoms with E-state index in [-0.39, 0.29) is 24.6 Å². The summed E-state index contributed by atoms with van der Waals surface area (Å²) < 4.78 is 5.07. The third kappa shape index (κ3) is 11.2. The third-order valence-electron chi connectivity index (χ3n) is 4.80. The normalized spacial score (nSPS) is 15.2. The van der Waals surface area contributed by atoms with Crippen molar-refractivity contribution in [2.75, 3.05) is 58.9 Å². The van der Waals surface area contributed by atoms with Crippen molar-refractivity contribution in [2.45, 2.75) is 51.5 Å². The molecule has 29 heavy (non-hydrogen) atoms. The summed E-state index contributed by atoms with van der Waals surface area (Å²) in [5.41, 5.74) is 0. The molecule has 2 N–H and O–H groups in total. The van der Waals surface area contributed by atoms with Gasteiger partial charge in [-0.2, -0.15) is 11.8 Å². The molecule has 0 spiro atoms. The number of hydrogen-bond acceptors (Lipinski definition) is 5. The van der Waals surface area contributed by atoms with Crippen molar-refractivity contribution >= 4 is 29.7 Å². The molecule has 0 aromatic rings. The molecule has 0 bridgehead atoms. The van der Waals surface area contributed by atoms with Gasteiger partial charge in [0.2, 0.25) is 5.91 Å². The Bertz CT molecular complexity index is 508. The Morgan fingerprint density at radius 2 is 1.86 bits per heavy atom. The van der Waals surface area contributed by atoms with E-state index in [1.165, 1.54) is 25.0 Å². The van der Waals surface area contributed by atoms with Crippen molar-refractivity contribution in [3.63, 3.8) is 0 Å². The molecule has 1 rings (SSSR count). The number of likely N-dealkylation sites (tertiary alicyclic amines) is 1. The number of nitrogens with one attached hydrogen (secondary N) is 2. The molecule has 1 saturated heterocycles. The second kappa shape index (κ2) is 15.2. The lowest BCUT2D eigenvalue weighted by Gasteiger charge is -2.32. The molecule has 1 aliphatic rings. The number of amides is 2. The molecule has 0 unspecified atom stereocenters. The Morgan fingerprint density at radius 3 is 2.48 bits per heavy atom. The Balaban J connectivity index is 2.46. The van der Waals surface area contributed by atoms with Crippen molar-refractivity contribution < 1.29 is 14.3 Å². The molecule has 0 aromatic carbocycles. The lowest BCUT2D eigenvalue weighted by atomic mass is 10.1. The Labute approximate surface area is 180 Å². The van der Waals surface area contributed by atoms with Gasteiger partial charge < -0.3 is 25.2 Å². The van der Waals surface area contributed by atoms with Crippen LogP contribution in [0, 0.1) is 0 Å². The van der Waals surface area contributed by atoms with Crippen LogP contribution in [0.3, 0.4) is 0 Å². The Kier molecular flexibility index (Phi) is 13.3. The van der Waals surface area contributed by atoms with Gasteiger partial charge in [-0.25, -0.2) is 9.79 Å². The maximum atomic E-state index is 11.9. The largest absolute Gasteiger partial charge is 0.450 e. The highest BCUT2D eigenvalue weighted by Gasteiger charge is 2.24. The minimum Gasteiger partial charge on any atom is -0.450 e. The first-order chi connectivity index (χ1) is 14.0. The van der Waals surface area contributed by atoms with Crippen molar-refractivity contribution in [1.29, 1.82) is 0 Å². The van der Waals surface area contributed by atoms with Crippen molar-refractivity contribution in [1.82, 2.24) is 20.4 Å². The van der Waals surface area contributed by atoms with Crippen LogP contribution in [0.5, 0.6) is 0 Å². The molecule has 2 amide bonds. The van der Waals surface area contributed by atoms with Gasteiger partial charge in [0.25, 0.3) is 0 Å². The summed E-state index contributed by atoms with van der Waals surface area (Å²) in [6.07, 6.45) is 8.34. The fourth-order valence-electron chi connectivity index (χ4n) is 2.99. The monoisotopic (exact) mass is 429 g/mol. The predicted molar refractivity (Wildman–Crippen MR) is 121 cm³/mol. The zero-order chi connectivity index (χ0) is 21.5. The van der Waals surface area contributed by atoms with E-state index >= 15 is 0 Å². The molecule has 8 nitrogen and oxygen atoms in total. The van der Waals surface area contributed by atoms with E-state index < -0.39 is 0 Å². The number of thioether (sulfide) groups is 1. The molecule has 1 heterocycles.